The highest BCUT2D eigenvalue weighted by Gasteiger charge is 2.15. The van der Waals surface area contributed by atoms with Crippen LogP contribution in [0.3, 0.4) is 0 Å². The molecule has 1 aliphatic heterocycles. The molecule has 1 aromatic carbocycles. The van der Waals surface area contributed by atoms with E-state index in [0.29, 0.717) is 19.8 Å². The molecule has 0 saturated carbocycles. The van der Waals surface area contributed by atoms with Gasteiger partial charge in [-0.05, 0) is 41.2 Å². The highest BCUT2D eigenvalue weighted by atomic mass is 79.9. The molecule has 100 valence electrons. The van der Waals surface area contributed by atoms with E-state index < -0.39 is 0 Å². The van der Waals surface area contributed by atoms with Crippen LogP contribution >= 0.6 is 15.9 Å². The number of H-pyrrole nitrogens is 1. The van der Waals surface area contributed by atoms with Crippen LogP contribution in [0.25, 0.3) is 11.3 Å². The summed E-state index contributed by atoms with van der Waals surface area (Å²) >= 11 is 3.50. The molecule has 0 bridgehead atoms. The van der Waals surface area contributed by atoms with Crippen LogP contribution in [-0.2, 0) is 6.54 Å². The van der Waals surface area contributed by atoms with Gasteiger partial charge < -0.3 is 19.8 Å². The van der Waals surface area contributed by atoms with Crippen molar-refractivity contribution in [3.63, 3.8) is 0 Å². The van der Waals surface area contributed by atoms with Crippen molar-refractivity contribution in [3.8, 4) is 22.8 Å². The van der Waals surface area contributed by atoms with Crippen LogP contribution in [0.2, 0.25) is 0 Å². The zero-order chi connectivity index (χ0) is 13.2. The standard InChI is InChI=1S/C13H14BrN3O2/c1-15-7-11-16-12(13(14)17-11)8-2-3-9-10(6-8)19-5-4-18-9/h2-3,6,15H,4-5,7H2,1H3,(H,16,17). The number of hydrogen-bond donors (Lipinski definition) is 2. The second-order valence-corrected chi connectivity index (χ2v) is 5.03. The number of benzene rings is 1. The van der Waals surface area contributed by atoms with Crippen molar-refractivity contribution in [3.05, 3.63) is 28.6 Å². The third kappa shape index (κ3) is 2.46. The van der Waals surface area contributed by atoms with Crippen molar-refractivity contribution in [2.45, 2.75) is 6.54 Å². The Morgan fingerprint density at radius 3 is 2.89 bits per heavy atom. The van der Waals surface area contributed by atoms with Crippen molar-refractivity contribution < 1.29 is 9.47 Å². The third-order valence-electron chi connectivity index (χ3n) is 2.87. The quantitative estimate of drug-likeness (QED) is 0.910. The van der Waals surface area contributed by atoms with Crippen LogP contribution in [0.5, 0.6) is 11.5 Å². The maximum absolute atomic E-state index is 5.59. The molecule has 0 amide bonds. The van der Waals surface area contributed by atoms with Crippen LogP contribution < -0.4 is 14.8 Å². The van der Waals surface area contributed by atoms with E-state index in [1.165, 1.54) is 0 Å². The molecule has 3 rings (SSSR count). The van der Waals surface area contributed by atoms with Gasteiger partial charge in [0, 0.05) is 5.56 Å². The topological polar surface area (TPSA) is 59.2 Å². The molecule has 2 heterocycles. The predicted molar refractivity (Wildman–Crippen MR) is 75.5 cm³/mol. The molecule has 0 saturated heterocycles. The molecule has 0 radical (unpaired) electrons. The van der Waals surface area contributed by atoms with Gasteiger partial charge in [0.15, 0.2) is 11.5 Å². The van der Waals surface area contributed by atoms with Gasteiger partial charge >= 0.3 is 0 Å². The Labute approximate surface area is 119 Å². The third-order valence-corrected chi connectivity index (χ3v) is 3.44. The first-order valence-corrected chi connectivity index (χ1v) is 6.86. The van der Waals surface area contributed by atoms with Crippen molar-refractivity contribution in [2.75, 3.05) is 20.3 Å². The van der Waals surface area contributed by atoms with Gasteiger partial charge in [0.25, 0.3) is 0 Å². The lowest BCUT2D eigenvalue weighted by atomic mass is 10.1. The van der Waals surface area contributed by atoms with Crippen molar-refractivity contribution in [1.82, 2.24) is 15.3 Å². The lowest BCUT2D eigenvalue weighted by Gasteiger charge is -2.18. The molecule has 6 heteroatoms. The number of nitrogens with zero attached hydrogens (tertiary/aromatic N) is 1. The Bertz CT molecular complexity index is 598. The minimum Gasteiger partial charge on any atom is -0.486 e. The Morgan fingerprint density at radius 1 is 1.32 bits per heavy atom. The summed E-state index contributed by atoms with van der Waals surface area (Å²) in [6.45, 7) is 1.89. The lowest BCUT2D eigenvalue weighted by molar-refractivity contribution is 0.171. The molecular formula is C13H14BrN3O2. The van der Waals surface area contributed by atoms with Gasteiger partial charge in [0.1, 0.15) is 29.3 Å². The minimum absolute atomic E-state index is 0.587. The number of rotatable bonds is 3. The molecule has 0 aliphatic carbocycles. The average Bonchev–Trinajstić information content (AvgIpc) is 2.79. The van der Waals surface area contributed by atoms with E-state index in [0.717, 1.165) is 33.2 Å². The summed E-state index contributed by atoms with van der Waals surface area (Å²) in [6.07, 6.45) is 0. The summed E-state index contributed by atoms with van der Waals surface area (Å²) in [7, 11) is 1.89. The van der Waals surface area contributed by atoms with E-state index in [9.17, 15) is 0 Å². The number of hydrogen-bond acceptors (Lipinski definition) is 4. The van der Waals surface area contributed by atoms with E-state index >= 15 is 0 Å². The van der Waals surface area contributed by atoms with Gasteiger partial charge in [-0.25, -0.2) is 4.98 Å². The molecule has 0 spiro atoms. The van der Waals surface area contributed by atoms with E-state index in [2.05, 4.69) is 31.2 Å². The molecule has 0 fully saturated rings. The Balaban J connectivity index is 1.97. The van der Waals surface area contributed by atoms with Gasteiger partial charge in [-0.1, -0.05) is 0 Å². The maximum Gasteiger partial charge on any atom is 0.162 e. The van der Waals surface area contributed by atoms with Crippen LogP contribution in [0.4, 0.5) is 0 Å². The van der Waals surface area contributed by atoms with Crippen molar-refractivity contribution >= 4 is 15.9 Å². The number of imidazole rings is 1. The average molecular weight is 324 g/mol. The fourth-order valence-electron chi connectivity index (χ4n) is 2.03. The Hall–Kier alpha value is -1.53. The van der Waals surface area contributed by atoms with E-state index in [4.69, 9.17) is 9.47 Å². The molecular weight excluding hydrogens is 310 g/mol. The van der Waals surface area contributed by atoms with E-state index in [-0.39, 0.29) is 0 Å². The van der Waals surface area contributed by atoms with Crippen LogP contribution in [0.1, 0.15) is 5.82 Å². The molecule has 2 N–H and O–H groups in total. The van der Waals surface area contributed by atoms with Gasteiger partial charge in [-0.15, -0.1) is 0 Å². The SMILES string of the molecule is CNCc1nc(-c2ccc3c(c2)OCCO3)c(Br)[nH]1. The number of ether oxygens (including phenoxy) is 2. The van der Waals surface area contributed by atoms with E-state index in [1.807, 2.05) is 25.2 Å². The van der Waals surface area contributed by atoms with Gasteiger partial charge in [0.2, 0.25) is 0 Å². The maximum atomic E-state index is 5.59. The van der Waals surface area contributed by atoms with Gasteiger partial charge in [0.05, 0.1) is 6.54 Å². The highest BCUT2D eigenvalue weighted by Crippen LogP contribution is 2.35. The number of nitrogens with one attached hydrogen (secondary N) is 2. The fourth-order valence-corrected chi connectivity index (χ4v) is 2.58. The minimum atomic E-state index is 0.587. The summed E-state index contributed by atoms with van der Waals surface area (Å²) in [6, 6.07) is 5.86. The molecule has 0 atom stereocenters. The first-order chi connectivity index (χ1) is 9.28. The number of halogens is 1. The van der Waals surface area contributed by atoms with E-state index in [1.54, 1.807) is 0 Å². The summed E-state index contributed by atoms with van der Waals surface area (Å²) in [5, 5.41) is 3.07. The zero-order valence-electron chi connectivity index (χ0n) is 10.5. The number of aromatic nitrogens is 2. The van der Waals surface area contributed by atoms with Crippen molar-refractivity contribution in [1.29, 1.82) is 0 Å². The monoisotopic (exact) mass is 323 g/mol. The summed E-state index contributed by atoms with van der Waals surface area (Å²) in [4.78, 5) is 7.75. The fraction of sp³-hybridized carbons (Fsp3) is 0.308. The Kier molecular flexibility index (Phi) is 3.44. The van der Waals surface area contributed by atoms with Gasteiger partial charge in [-0.3, -0.25) is 0 Å². The van der Waals surface area contributed by atoms with Crippen LogP contribution in [-0.4, -0.2) is 30.2 Å². The molecule has 0 unspecified atom stereocenters. The highest BCUT2D eigenvalue weighted by molar-refractivity contribution is 9.10. The summed E-state index contributed by atoms with van der Waals surface area (Å²) in [5.41, 5.74) is 1.87. The number of fused-ring (bicyclic) bond motifs is 1. The van der Waals surface area contributed by atoms with Crippen LogP contribution in [0, 0.1) is 0 Å². The first kappa shape index (κ1) is 12.5. The smallest absolute Gasteiger partial charge is 0.162 e. The molecule has 2 aromatic rings. The molecule has 19 heavy (non-hydrogen) atoms. The second kappa shape index (κ2) is 5.22. The van der Waals surface area contributed by atoms with Crippen molar-refractivity contribution in [2.24, 2.45) is 0 Å². The van der Waals surface area contributed by atoms with Gasteiger partial charge in [-0.2, -0.15) is 0 Å². The number of aromatic amines is 1. The summed E-state index contributed by atoms with van der Waals surface area (Å²) < 4.78 is 12.0. The summed E-state index contributed by atoms with van der Waals surface area (Å²) in [5.74, 6) is 2.45. The second-order valence-electron chi connectivity index (χ2n) is 4.23. The molecule has 1 aromatic heterocycles. The molecule has 1 aliphatic rings. The zero-order valence-corrected chi connectivity index (χ0v) is 12.1. The predicted octanol–water partition coefficient (Wildman–Crippen LogP) is 2.33. The lowest BCUT2D eigenvalue weighted by Crippen LogP contribution is -2.15. The van der Waals surface area contributed by atoms with Crippen LogP contribution in [0.15, 0.2) is 22.8 Å². The molecule has 5 nitrogen and oxygen atoms in total. The largest absolute Gasteiger partial charge is 0.486 e. The Morgan fingerprint density at radius 2 is 2.11 bits per heavy atom. The normalized spacial score (nSPS) is 13.6. The first-order valence-electron chi connectivity index (χ1n) is 6.07.